The molecule has 5 N–H and O–H groups in total. The highest BCUT2D eigenvalue weighted by Gasteiger charge is 2.45. The summed E-state index contributed by atoms with van der Waals surface area (Å²) in [5, 5.41) is 49.5. The Morgan fingerprint density at radius 2 is 1.57 bits per heavy atom. The number of aliphatic hydroxyl groups is 4. The highest BCUT2D eigenvalue weighted by Crippen LogP contribution is 2.36. The van der Waals surface area contributed by atoms with Gasteiger partial charge in [0.1, 0.15) is 24.4 Å². The Hall–Kier alpha value is -3.09. The molecule has 0 bridgehead atoms. The molecule has 4 rings (SSSR count). The van der Waals surface area contributed by atoms with E-state index in [9.17, 15) is 30.3 Å². The Morgan fingerprint density at radius 3 is 2.27 bits per heavy atom. The standard InChI is InChI=1S/C26H32O11/c1-33-19-9-13(3-5-17(19)28)7-15-12-35-25(32)16(15)8-14-4-6-18(20(10-14)34-2)36-26-24(31)23(30)22(29)21(11-27)37-26/h3-6,9-10,15-16,21-24,26-31H,7-8,11-12H2,1-2H3/t15-,16+,21+,22+,23-,24+,26-/m0/s1. The molecule has 0 unspecified atom stereocenters. The van der Waals surface area contributed by atoms with Crippen molar-refractivity contribution in [2.24, 2.45) is 11.8 Å². The molecule has 2 aliphatic heterocycles. The van der Waals surface area contributed by atoms with E-state index in [1.807, 2.05) is 0 Å². The average Bonchev–Trinajstić information content (AvgIpc) is 3.24. The molecule has 11 heteroatoms. The quantitative estimate of drug-likeness (QED) is 0.286. The lowest BCUT2D eigenvalue weighted by Gasteiger charge is -2.39. The number of cyclic esters (lactones) is 1. The lowest BCUT2D eigenvalue weighted by atomic mass is 9.85. The van der Waals surface area contributed by atoms with Gasteiger partial charge in [-0.05, 0) is 48.2 Å². The van der Waals surface area contributed by atoms with Crippen LogP contribution in [0.1, 0.15) is 11.1 Å². The minimum atomic E-state index is -1.57. The van der Waals surface area contributed by atoms with Crippen molar-refractivity contribution in [3.8, 4) is 23.0 Å². The fourth-order valence-corrected chi connectivity index (χ4v) is 4.69. The zero-order valence-corrected chi connectivity index (χ0v) is 20.5. The van der Waals surface area contributed by atoms with Crippen molar-refractivity contribution < 1.29 is 54.0 Å². The third-order valence-corrected chi connectivity index (χ3v) is 6.83. The number of phenols is 1. The molecule has 0 spiro atoms. The summed E-state index contributed by atoms with van der Waals surface area (Å²) in [7, 11) is 2.91. The molecule has 11 nitrogen and oxygen atoms in total. The van der Waals surface area contributed by atoms with Crippen molar-refractivity contribution in [1.29, 1.82) is 0 Å². The smallest absolute Gasteiger partial charge is 0.309 e. The second kappa shape index (κ2) is 11.5. The van der Waals surface area contributed by atoms with Gasteiger partial charge in [0.2, 0.25) is 6.29 Å². The number of hydrogen-bond donors (Lipinski definition) is 5. The maximum absolute atomic E-state index is 12.5. The highest BCUT2D eigenvalue weighted by atomic mass is 16.7. The summed E-state index contributed by atoms with van der Waals surface area (Å²) in [6, 6.07) is 10.1. The van der Waals surface area contributed by atoms with Gasteiger partial charge >= 0.3 is 5.97 Å². The molecule has 0 radical (unpaired) electrons. The number of methoxy groups -OCH3 is 2. The number of benzene rings is 2. The monoisotopic (exact) mass is 520 g/mol. The first-order valence-corrected chi connectivity index (χ1v) is 11.9. The third-order valence-electron chi connectivity index (χ3n) is 6.83. The lowest BCUT2D eigenvalue weighted by molar-refractivity contribution is -0.277. The predicted molar refractivity (Wildman–Crippen MR) is 127 cm³/mol. The molecule has 37 heavy (non-hydrogen) atoms. The van der Waals surface area contributed by atoms with E-state index < -0.39 is 43.2 Å². The first kappa shape index (κ1) is 27.0. The highest BCUT2D eigenvalue weighted by molar-refractivity contribution is 5.75. The molecule has 2 aliphatic rings. The van der Waals surface area contributed by atoms with Crippen LogP contribution in [0, 0.1) is 11.8 Å². The van der Waals surface area contributed by atoms with Crippen molar-refractivity contribution in [2.75, 3.05) is 27.4 Å². The van der Waals surface area contributed by atoms with E-state index in [0.29, 0.717) is 24.3 Å². The Labute approximate surface area is 213 Å². The van der Waals surface area contributed by atoms with Gasteiger partial charge < -0.3 is 49.2 Å². The number of carbonyl (C=O) groups excluding carboxylic acids is 1. The molecular formula is C26H32O11. The van der Waals surface area contributed by atoms with Crippen molar-refractivity contribution >= 4 is 5.97 Å². The Bertz CT molecular complexity index is 1090. The predicted octanol–water partition coefficient (Wildman–Crippen LogP) is 0.163. The van der Waals surface area contributed by atoms with E-state index in [1.165, 1.54) is 14.2 Å². The summed E-state index contributed by atoms with van der Waals surface area (Å²) >= 11 is 0. The molecule has 2 aromatic carbocycles. The molecule has 0 saturated carbocycles. The van der Waals surface area contributed by atoms with Crippen LogP contribution in [0.4, 0.5) is 0 Å². The molecule has 2 fully saturated rings. The number of esters is 1. The summed E-state index contributed by atoms with van der Waals surface area (Å²) < 4.78 is 27.1. The van der Waals surface area contributed by atoms with Gasteiger partial charge in [0.05, 0.1) is 33.4 Å². The van der Waals surface area contributed by atoms with Gasteiger partial charge in [0.15, 0.2) is 23.0 Å². The van der Waals surface area contributed by atoms with Crippen LogP contribution < -0.4 is 14.2 Å². The topological polar surface area (TPSA) is 164 Å². The summed E-state index contributed by atoms with van der Waals surface area (Å²) in [5.41, 5.74) is 1.69. The van der Waals surface area contributed by atoms with Crippen LogP contribution in [0.25, 0.3) is 0 Å². The van der Waals surface area contributed by atoms with Crippen LogP contribution in [0.2, 0.25) is 0 Å². The van der Waals surface area contributed by atoms with Crippen molar-refractivity contribution in [3.63, 3.8) is 0 Å². The normalized spacial score (nSPS) is 29.6. The molecular weight excluding hydrogens is 488 g/mol. The summed E-state index contributed by atoms with van der Waals surface area (Å²) in [6.07, 6.45) is -6.14. The maximum atomic E-state index is 12.5. The maximum Gasteiger partial charge on any atom is 0.309 e. The van der Waals surface area contributed by atoms with E-state index in [4.69, 9.17) is 23.7 Å². The van der Waals surface area contributed by atoms with Gasteiger partial charge in [0, 0.05) is 5.92 Å². The number of carbonyl (C=O) groups is 1. The number of rotatable bonds is 9. The molecule has 202 valence electrons. The summed E-state index contributed by atoms with van der Waals surface area (Å²) in [6.45, 7) is -0.293. The molecule has 0 aliphatic carbocycles. The van der Waals surface area contributed by atoms with Crippen LogP contribution in [0.3, 0.4) is 0 Å². The fourth-order valence-electron chi connectivity index (χ4n) is 4.69. The van der Waals surface area contributed by atoms with E-state index in [1.54, 1.807) is 36.4 Å². The van der Waals surface area contributed by atoms with Crippen LogP contribution in [-0.2, 0) is 27.1 Å². The SMILES string of the molecule is COc1cc(C[C@H]2COC(=O)[C@@H]2Cc2ccc(O[C@H]3O[C@H](CO)[C@@H](O)[C@H](O)[C@H]3O)c(OC)c2)ccc1O. The van der Waals surface area contributed by atoms with Crippen molar-refractivity contribution in [2.45, 2.75) is 43.5 Å². The van der Waals surface area contributed by atoms with E-state index in [-0.39, 0.29) is 30.0 Å². The van der Waals surface area contributed by atoms with E-state index in [2.05, 4.69) is 0 Å². The second-order valence-corrected chi connectivity index (χ2v) is 9.21. The number of ether oxygens (including phenoxy) is 5. The van der Waals surface area contributed by atoms with E-state index in [0.717, 1.165) is 11.1 Å². The zero-order valence-electron chi connectivity index (χ0n) is 20.5. The Balaban J connectivity index is 1.47. The van der Waals surface area contributed by atoms with Crippen molar-refractivity contribution in [3.05, 3.63) is 47.5 Å². The molecule has 2 aromatic rings. The van der Waals surface area contributed by atoms with Crippen LogP contribution in [0.5, 0.6) is 23.0 Å². The second-order valence-electron chi connectivity index (χ2n) is 9.21. The first-order chi connectivity index (χ1) is 17.7. The van der Waals surface area contributed by atoms with Gasteiger partial charge in [-0.25, -0.2) is 0 Å². The molecule has 7 atom stereocenters. The van der Waals surface area contributed by atoms with Gasteiger partial charge in [-0.2, -0.15) is 0 Å². The minimum Gasteiger partial charge on any atom is -0.504 e. The minimum absolute atomic E-state index is 0.0414. The zero-order chi connectivity index (χ0) is 26.7. The lowest BCUT2D eigenvalue weighted by Crippen LogP contribution is -2.60. The van der Waals surface area contributed by atoms with Gasteiger partial charge in [-0.15, -0.1) is 0 Å². The largest absolute Gasteiger partial charge is 0.504 e. The van der Waals surface area contributed by atoms with Crippen LogP contribution in [-0.4, -0.2) is 89.6 Å². The fraction of sp³-hybridized carbons (Fsp3) is 0.500. The van der Waals surface area contributed by atoms with Gasteiger partial charge in [-0.1, -0.05) is 12.1 Å². The van der Waals surface area contributed by atoms with Crippen LogP contribution >= 0.6 is 0 Å². The van der Waals surface area contributed by atoms with E-state index >= 15 is 0 Å². The summed E-state index contributed by atoms with van der Waals surface area (Å²) in [5.74, 6) is 0.132. The number of phenolic OH excluding ortho intramolecular Hbond substituents is 1. The molecule has 0 amide bonds. The first-order valence-electron chi connectivity index (χ1n) is 11.9. The molecule has 2 heterocycles. The number of aromatic hydroxyl groups is 1. The molecule has 2 saturated heterocycles. The third kappa shape index (κ3) is 5.76. The Kier molecular flexibility index (Phi) is 8.40. The number of aliphatic hydroxyl groups excluding tert-OH is 4. The number of hydrogen-bond acceptors (Lipinski definition) is 11. The average molecular weight is 521 g/mol. The summed E-state index contributed by atoms with van der Waals surface area (Å²) in [4.78, 5) is 12.5. The van der Waals surface area contributed by atoms with Gasteiger partial charge in [-0.3, -0.25) is 4.79 Å². The van der Waals surface area contributed by atoms with Crippen LogP contribution in [0.15, 0.2) is 36.4 Å². The Morgan fingerprint density at radius 1 is 0.892 bits per heavy atom. The van der Waals surface area contributed by atoms with Crippen molar-refractivity contribution in [1.82, 2.24) is 0 Å². The molecule has 0 aromatic heterocycles. The van der Waals surface area contributed by atoms with Gasteiger partial charge in [0.25, 0.3) is 0 Å².